The number of hydrazine groups is 1. The number of nitrogens with two attached hydrogens (primary N) is 1. The van der Waals surface area contributed by atoms with Crippen molar-refractivity contribution >= 4 is 11.3 Å². The van der Waals surface area contributed by atoms with E-state index in [1.54, 1.807) is 17.7 Å². The maximum absolute atomic E-state index is 5.71. The highest BCUT2D eigenvalue weighted by Crippen LogP contribution is 2.28. The van der Waals surface area contributed by atoms with Gasteiger partial charge >= 0.3 is 0 Å². The molecule has 3 N–H and O–H groups in total. The summed E-state index contributed by atoms with van der Waals surface area (Å²) in [6.45, 7) is 8.46. The van der Waals surface area contributed by atoms with E-state index < -0.39 is 0 Å². The second-order valence-electron chi connectivity index (χ2n) is 5.03. The minimum atomic E-state index is 0.0825. The molecule has 0 amide bonds. The van der Waals surface area contributed by atoms with Crippen molar-refractivity contribution in [1.82, 2.24) is 20.2 Å². The number of aryl methyl sites for hydroxylation is 2. The van der Waals surface area contributed by atoms with Crippen LogP contribution >= 0.6 is 11.3 Å². The van der Waals surface area contributed by atoms with Gasteiger partial charge in [0, 0.05) is 22.2 Å². The summed E-state index contributed by atoms with van der Waals surface area (Å²) in [4.78, 5) is 6.92. The molecule has 2 heterocycles. The molecule has 0 radical (unpaired) electrons. The topological polar surface area (TPSA) is 68.8 Å². The predicted molar refractivity (Wildman–Crippen MR) is 78.0 cm³/mol. The van der Waals surface area contributed by atoms with Gasteiger partial charge in [0.15, 0.2) is 0 Å². The molecule has 1 unspecified atom stereocenters. The van der Waals surface area contributed by atoms with Gasteiger partial charge in [0.1, 0.15) is 12.2 Å². The van der Waals surface area contributed by atoms with E-state index in [9.17, 15) is 0 Å². The molecule has 5 nitrogen and oxygen atoms in total. The molecule has 2 rings (SSSR count). The molecular weight excluding hydrogens is 258 g/mol. The third-order valence-electron chi connectivity index (χ3n) is 3.25. The van der Waals surface area contributed by atoms with Crippen LogP contribution in [0.25, 0.3) is 0 Å². The average molecular weight is 279 g/mol. The normalized spacial score (nSPS) is 13.2. The minimum absolute atomic E-state index is 0.0825. The van der Waals surface area contributed by atoms with Crippen LogP contribution in [0.5, 0.6) is 0 Å². The molecule has 0 aliphatic heterocycles. The lowest BCUT2D eigenvalue weighted by Gasteiger charge is -2.15. The Balaban J connectivity index is 2.21. The molecule has 0 saturated carbocycles. The van der Waals surface area contributed by atoms with Crippen molar-refractivity contribution in [2.75, 3.05) is 0 Å². The highest BCUT2D eigenvalue weighted by Gasteiger charge is 2.18. The molecule has 0 aliphatic carbocycles. The minimum Gasteiger partial charge on any atom is -0.271 e. The molecule has 2 aromatic heterocycles. The van der Waals surface area contributed by atoms with E-state index in [2.05, 4.69) is 49.3 Å². The van der Waals surface area contributed by atoms with Crippen molar-refractivity contribution in [3.05, 3.63) is 33.5 Å². The molecule has 0 saturated heterocycles. The molecule has 0 aliphatic rings. The van der Waals surface area contributed by atoms with Gasteiger partial charge in [-0.25, -0.2) is 9.67 Å². The van der Waals surface area contributed by atoms with Crippen LogP contribution in [0.1, 0.15) is 47.1 Å². The SMILES string of the molecule is Cc1cc(C(Cc2ncnn2C(C)C)NN)sc1C. The zero-order valence-corrected chi connectivity index (χ0v) is 12.7. The zero-order valence-electron chi connectivity index (χ0n) is 11.8. The van der Waals surface area contributed by atoms with Gasteiger partial charge in [-0.2, -0.15) is 5.10 Å². The zero-order chi connectivity index (χ0) is 14.0. The van der Waals surface area contributed by atoms with Crippen molar-refractivity contribution in [1.29, 1.82) is 0 Å². The fourth-order valence-electron chi connectivity index (χ4n) is 2.05. The van der Waals surface area contributed by atoms with Crippen molar-refractivity contribution < 1.29 is 0 Å². The highest BCUT2D eigenvalue weighted by atomic mass is 32.1. The van der Waals surface area contributed by atoms with Crippen LogP contribution in [0.15, 0.2) is 12.4 Å². The monoisotopic (exact) mass is 279 g/mol. The second kappa shape index (κ2) is 5.81. The third kappa shape index (κ3) is 3.02. The summed E-state index contributed by atoms with van der Waals surface area (Å²) in [7, 11) is 0. The summed E-state index contributed by atoms with van der Waals surface area (Å²) in [6.07, 6.45) is 2.35. The Morgan fingerprint density at radius 3 is 2.68 bits per heavy atom. The van der Waals surface area contributed by atoms with Crippen molar-refractivity contribution in [3.8, 4) is 0 Å². The number of thiophene rings is 1. The molecule has 2 aromatic rings. The number of rotatable bonds is 5. The molecule has 1 atom stereocenters. The Bertz CT molecular complexity index is 523. The molecular formula is C13H21N5S. The Hall–Kier alpha value is -1.24. The predicted octanol–water partition coefficient (Wildman–Crippen LogP) is 2.28. The molecule has 0 spiro atoms. The summed E-state index contributed by atoms with van der Waals surface area (Å²) < 4.78 is 1.94. The smallest absolute Gasteiger partial charge is 0.138 e. The fraction of sp³-hybridized carbons (Fsp3) is 0.538. The summed E-state index contributed by atoms with van der Waals surface area (Å²) >= 11 is 1.78. The number of nitrogens with zero attached hydrogens (tertiary/aromatic N) is 3. The first-order chi connectivity index (χ1) is 9.02. The van der Waals surface area contributed by atoms with Gasteiger partial charge in [-0.3, -0.25) is 11.3 Å². The molecule has 6 heteroatoms. The largest absolute Gasteiger partial charge is 0.271 e. The van der Waals surface area contributed by atoms with Gasteiger partial charge in [0.2, 0.25) is 0 Å². The number of aromatic nitrogens is 3. The Morgan fingerprint density at radius 2 is 2.16 bits per heavy atom. The average Bonchev–Trinajstić information content (AvgIpc) is 2.94. The first kappa shape index (κ1) is 14.2. The van der Waals surface area contributed by atoms with Crippen LogP contribution in [-0.4, -0.2) is 14.8 Å². The summed E-state index contributed by atoms with van der Waals surface area (Å²) in [5, 5.41) is 4.26. The third-order valence-corrected chi connectivity index (χ3v) is 4.52. The second-order valence-corrected chi connectivity index (χ2v) is 6.31. The van der Waals surface area contributed by atoms with Crippen LogP contribution < -0.4 is 11.3 Å². The molecule has 104 valence electrons. The van der Waals surface area contributed by atoms with E-state index >= 15 is 0 Å². The van der Waals surface area contributed by atoms with E-state index in [-0.39, 0.29) is 6.04 Å². The van der Waals surface area contributed by atoms with Crippen LogP contribution in [0.3, 0.4) is 0 Å². The molecule has 0 fully saturated rings. The first-order valence-electron chi connectivity index (χ1n) is 6.44. The fourth-order valence-corrected chi connectivity index (χ4v) is 3.15. The quantitative estimate of drug-likeness (QED) is 0.651. The maximum Gasteiger partial charge on any atom is 0.138 e. The van der Waals surface area contributed by atoms with Crippen LogP contribution in [0.4, 0.5) is 0 Å². The lowest BCUT2D eigenvalue weighted by atomic mass is 10.1. The lowest BCUT2D eigenvalue weighted by molar-refractivity contribution is 0.471. The highest BCUT2D eigenvalue weighted by molar-refractivity contribution is 7.12. The van der Waals surface area contributed by atoms with E-state index in [4.69, 9.17) is 5.84 Å². The van der Waals surface area contributed by atoms with Gasteiger partial charge in [-0.15, -0.1) is 11.3 Å². The first-order valence-corrected chi connectivity index (χ1v) is 7.26. The van der Waals surface area contributed by atoms with E-state index in [0.717, 1.165) is 12.2 Å². The molecule has 0 aromatic carbocycles. The van der Waals surface area contributed by atoms with E-state index in [1.807, 2.05) is 4.68 Å². The Labute approximate surface area is 117 Å². The van der Waals surface area contributed by atoms with Crippen LogP contribution in [0.2, 0.25) is 0 Å². The van der Waals surface area contributed by atoms with E-state index in [0.29, 0.717) is 6.04 Å². The van der Waals surface area contributed by atoms with Crippen LogP contribution in [-0.2, 0) is 6.42 Å². The Kier molecular flexibility index (Phi) is 4.34. The molecule has 0 bridgehead atoms. The van der Waals surface area contributed by atoms with Gasteiger partial charge < -0.3 is 0 Å². The number of hydrogen-bond acceptors (Lipinski definition) is 5. The van der Waals surface area contributed by atoms with Crippen molar-refractivity contribution in [2.24, 2.45) is 5.84 Å². The number of hydrogen-bond donors (Lipinski definition) is 2. The Morgan fingerprint density at radius 1 is 1.42 bits per heavy atom. The molecule has 19 heavy (non-hydrogen) atoms. The van der Waals surface area contributed by atoms with E-state index in [1.165, 1.54) is 15.3 Å². The maximum atomic E-state index is 5.71. The summed E-state index contributed by atoms with van der Waals surface area (Å²) in [5.41, 5.74) is 4.20. The van der Waals surface area contributed by atoms with Gasteiger partial charge in [-0.05, 0) is 39.3 Å². The van der Waals surface area contributed by atoms with Gasteiger partial charge in [-0.1, -0.05) is 0 Å². The summed E-state index contributed by atoms with van der Waals surface area (Å²) in [5.74, 6) is 6.67. The van der Waals surface area contributed by atoms with Gasteiger partial charge in [0.25, 0.3) is 0 Å². The number of nitrogens with one attached hydrogen (secondary N) is 1. The van der Waals surface area contributed by atoms with Gasteiger partial charge in [0.05, 0.1) is 6.04 Å². The van der Waals surface area contributed by atoms with Crippen molar-refractivity contribution in [3.63, 3.8) is 0 Å². The van der Waals surface area contributed by atoms with Crippen LogP contribution in [0, 0.1) is 13.8 Å². The lowest BCUT2D eigenvalue weighted by Crippen LogP contribution is -2.30. The van der Waals surface area contributed by atoms with Crippen molar-refractivity contribution in [2.45, 2.75) is 46.2 Å². The summed E-state index contributed by atoms with van der Waals surface area (Å²) in [6, 6.07) is 2.59. The standard InChI is InChI=1S/C13H21N5S/c1-8(2)18-13(15-7-16-18)6-11(17-14)12-5-9(3)10(4)19-12/h5,7-8,11,17H,6,14H2,1-4H3.